The van der Waals surface area contributed by atoms with Crippen LogP contribution in [0.5, 0.6) is 0 Å². The maximum atomic E-state index is 11.9. The first-order valence-electron chi connectivity index (χ1n) is 9.72. The maximum absolute atomic E-state index is 11.9. The van der Waals surface area contributed by atoms with Gasteiger partial charge in [-0.3, -0.25) is 23.9 Å². The molecule has 34 heavy (non-hydrogen) atoms. The predicted octanol–water partition coefficient (Wildman–Crippen LogP) is -3.86. The number of fused-ring (bicyclic) bond motifs is 1. The quantitative estimate of drug-likeness (QED) is 0.0995. The number of aromatic nitrogens is 4. The molecular weight excluding hydrogens is 502 g/mol. The molecule has 188 valence electrons. The fourth-order valence-electron chi connectivity index (χ4n) is 3.10. The molecule has 0 radical (unpaired) electrons. The van der Waals surface area contributed by atoms with Crippen molar-refractivity contribution in [2.75, 3.05) is 37.1 Å². The molecule has 1 saturated heterocycles. The van der Waals surface area contributed by atoms with Crippen molar-refractivity contribution >= 4 is 50.6 Å². The van der Waals surface area contributed by atoms with E-state index >= 15 is 0 Å². The number of aromatic amines is 1. The summed E-state index contributed by atoms with van der Waals surface area (Å²) < 4.78 is 37.6. The average Bonchev–Trinajstić information content (AvgIpc) is 3.30. The summed E-state index contributed by atoms with van der Waals surface area (Å²) in [5.74, 6) is -3.12. The number of ether oxygens (including phenoxy) is 2. The van der Waals surface area contributed by atoms with Crippen molar-refractivity contribution in [1.29, 1.82) is 0 Å². The van der Waals surface area contributed by atoms with Crippen molar-refractivity contribution in [3.8, 4) is 0 Å². The minimum atomic E-state index is -4.06. The Hall–Kier alpha value is -2.83. The molecule has 0 saturated carbocycles. The van der Waals surface area contributed by atoms with Gasteiger partial charge >= 0.3 is 5.97 Å². The highest BCUT2D eigenvalue weighted by molar-refractivity contribution is 7.90. The fourth-order valence-corrected chi connectivity index (χ4v) is 4.11. The molecule has 0 aliphatic carbocycles. The molecule has 0 aromatic carbocycles. The van der Waals surface area contributed by atoms with E-state index in [1.54, 1.807) is 0 Å². The Morgan fingerprint density at radius 3 is 2.76 bits per heavy atom. The Labute approximate surface area is 196 Å². The first kappa shape index (κ1) is 25.8. The van der Waals surface area contributed by atoms with Crippen LogP contribution in [0.3, 0.4) is 0 Å². The number of sulfonamides is 1. The number of amides is 1. The first-order chi connectivity index (χ1) is 16.0. The van der Waals surface area contributed by atoms with Crippen LogP contribution in [0.1, 0.15) is 6.23 Å². The number of nitrogens with one attached hydrogen (secondary N) is 3. The SMILES string of the molecule is Nc1nc2c(ncn2[C@@H]2O[C@H](COC(=O)CS(=O)(=O)NCCNC(=O)CCl)[C@@H](O)[C@H]2O)c(=O)[nH]1. The van der Waals surface area contributed by atoms with Gasteiger partial charge in [0.25, 0.3) is 5.56 Å². The number of nitrogens with zero attached hydrogens (tertiary/aromatic N) is 3. The molecule has 2 aromatic rings. The highest BCUT2D eigenvalue weighted by atomic mass is 35.5. The van der Waals surface area contributed by atoms with E-state index in [1.165, 1.54) is 4.57 Å². The number of aliphatic hydroxyl groups is 2. The standard InChI is InChI=1S/C16H22ClN7O9S/c17-3-8(25)19-1-2-21-34(30,31)5-9(26)32-4-7-11(27)12(28)15(33-7)24-6-20-10-13(24)22-16(18)23-14(10)29/h6-7,11-12,15,21,27-28H,1-5H2,(H,19,25)(H3,18,22,23,29)/t7-,11-,12-,15-/m1/s1. The van der Waals surface area contributed by atoms with Gasteiger partial charge in [0.15, 0.2) is 23.1 Å². The molecule has 18 heteroatoms. The van der Waals surface area contributed by atoms with Crippen LogP contribution in [0, 0.1) is 0 Å². The van der Waals surface area contributed by atoms with Crippen LogP contribution >= 0.6 is 11.6 Å². The van der Waals surface area contributed by atoms with Crippen LogP contribution in [0.2, 0.25) is 0 Å². The Morgan fingerprint density at radius 1 is 1.32 bits per heavy atom. The molecule has 1 fully saturated rings. The van der Waals surface area contributed by atoms with Gasteiger partial charge in [-0.1, -0.05) is 0 Å². The molecule has 3 heterocycles. The van der Waals surface area contributed by atoms with Crippen molar-refractivity contribution < 1.29 is 37.7 Å². The van der Waals surface area contributed by atoms with Crippen LogP contribution < -0.4 is 21.3 Å². The number of hydrogen-bond donors (Lipinski definition) is 6. The number of rotatable bonds is 10. The zero-order valence-corrected chi connectivity index (χ0v) is 19.0. The number of hydrogen-bond acceptors (Lipinski definition) is 12. The topological polar surface area (TPSA) is 241 Å². The largest absolute Gasteiger partial charge is 0.462 e. The number of esters is 1. The number of aliphatic hydroxyl groups excluding tert-OH is 2. The van der Waals surface area contributed by atoms with Crippen LogP contribution in [0.25, 0.3) is 11.2 Å². The number of carbonyl (C=O) groups excluding carboxylic acids is 2. The molecule has 0 bridgehead atoms. The van der Waals surface area contributed by atoms with Crippen molar-refractivity contribution in [1.82, 2.24) is 29.6 Å². The third-order valence-corrected chi connectivity index (χ3v) is 6.17. The van der Waals surface area contributed by atoms with E-state index in [4.69, 9.17) is 26.8 Å². The van der Waals surface area contributed by atoms with E-state index in [2.05, 4.69) is 25.0 Å². The normalized spacial score (nSPS) is 22.7. The smallest absolute Gasteiger partial charge is 0.322 e. The second-order valence-corrected chi connectivity index (χ2v) is 9.22. The summed E-state index contributed by atoms with van der Waals surface area (Å²) in [6.07, 6.45) is -4.34. The second kappa shape index (κ2) is 10.6. The summed E-state index contributed by atoms with van der Waals surface area (Å²) in [6, 6.07) is 0. The molecular formula is C16H22ClN7O9S. The molecule has 2 aromatic heterocycles. The van der Waals surface area contributed by atoms with Gasteiger partial charge in [-0.2, -0.15) is 4.98 Å². The molecule has 3 rings (SSSR count). The molecule has 0 unspecified atom stereocenters. The molecule has 4 atom stereocenters. The van der Waals surface area contributed by atoms with Crippen molar-refractivity contribution in [3.05, 3.63) is 16.7 Å². The van der Waals surface area contributed by atoms with Crippen LogP contribution in [0.15, 0.2) is 11.1 Å². The minimum Gasteiger partial charge on any atom is -0.462 e. The van der Waals surface area contributed by atoms with E-state index in [9.17, 15) is 33.0 Å². The Balaban J connectivity index is 1.55. The Bertz CT molecular complexity index is 1220. The van der Waals surface area contributed by atoms with E-state index < -0.39 is 64.4 Å². The van der Waals surface area contributed by atoms with Crippen molar-refractivity contribution in [2.45, 2.75) is 24.5 Å². The van der Waals surface area contributed by atoms with Crippen molar-refractivity contribution in [2.24, 2.45) is 0 Å². The molecule has 0 spiro atoms. The lowest BCUT2D eigenvalue weighted by Gasteiger charge is -2.16. The van der Waals surface area contributed by atoms with Gasteiger partial charge in [-0.05, 0) is 0 Å². The summed E-state index contributed by atoms with van der Waals surface area (Å²) in [5, 5.41) is 23.0. The highest BCUT2D eigenvalue weighted by Crippen LogP contribution is 2.31. The lowest BCUT2D eigenvalue weighted by Crippen LogP contribution is -2.38. The first-order valence-corrected chi connectivity index (χ1v) is 11.9. The van der Waals surface area contributed by atoms with Gasteiger partial charge in [-0.25, -0.2) is 18.1 Å². The monoisotopic (exact) mass is 523 g/mol. The average molecular weight is 524 g/mol. The number of nitrogens with two attached hydrogens (primary N) is 1. The van der Waals surface area contributed by atoms with Crippen LogP contribution in [0.4, 0.5) is 5.95 Å². The summed E-state index contributed by atoms with van der Waals surface area (Å²) in [4.78, 5) is 45.0. The van der Waals surface area contributed by atoms with E-state index in [0.29, 0.717) is 0 Å². The summed E-state index contributed by atoms with van der Waals surface area (Å²) in [7, 11) is -4.06. The Kier molecular flexibility index (Phi) is 8.05. The van der Waals surface area contributed by atoms with Gasteiger partial charge < -0.3 is 30.7 Å². The summed E-state index contributed by atoms with van der Waals surface area (Å²) in [6.45, 7) is -0.773. The number of alkyl halides is 1. The molecule has 1 aliphatic heterocycles. The number of carbonyl (C=O) groups is 2. The fraction of sp³-hybridized carbons (Fsp3) is 0.562. The summed E-state index contributed by atoms with van der Waals surface area (Å²) in [5.41, 5.74) is 4.84. The number of imidazole rings is 1. The Morgan fingerprint density at radius 2 is 2.06 bits per heavy atom. The van der Waals surface area contributed by atoms with Crippen molar-refractivity contribution in [3.63, 3.8) is 0 Å². The third-order valence-electron chi connectivity index (χ3n) is 4.67. The van der Waals surface area contributed by atoms with Gasteiger partial charge in [0.05, 0.1) is 6.33 Å². The van der Waals surface area contributed by atoms with Crippen LogP contribution in [-0.2, 0) is 29.1 Å². The van der Waals surface area contributed by atoms with Gasteiger partial charge in [0.1, 0.15) is 30.8 Å². The minimum absolute atomic E-state index is 0.00505. The lowest BCUT2D eigenvalue weighted by molar-refractivity contribution is -0.147. The second-order valence-electron chi connectivity index (χ2n) is 7.14. The number of anilines is 1. The zero-order chi connectivity index (χ0) is 25.0. The lowest BCUT2D eigenvalue weighted by atomic mass is 10.1. The third kappa shape index (κ3) is 5.99. The van der Waals surface area contributed by atoms with Gasteiger partial charge in [-0.15, -0.1) is 11.6 Å². The number of nitrogen functional groups attached to an aromatic ring is 1. The van der Waals surface area contributed by atoms with E-state index in [-0.39, 0.29) is 36.1 Å². The maximum Gasteiger partial charge on any atom is 0.322 e. The molecule has 16 nitrogen and oxygen atoms in total. The number of halogens is 1. The molecule has 1 amide bonds. The molecule has 1 aliphatic rings. The van der Waals surface area contributed by atoms with E-state index in [0.717, 1.165) is 6.33 Å². The predicted molar refractivity (Wildman–Crippen MR) is 115 cm³/mol. The highest BCUT2D eigenvalue weighted by Gasteiger charge is 2.45. The van der Waals surface area contributed by atoms with Gasteiger partial charge in [0.2, 0.25) is 21.9 Å². The number of H-pyrrole nitrogens is 1. The van der Waals surface area contributed by atoms with Crippen LogP contribution in [-0.4, -0.2) is 99.7 Å². The van der Waals surface area contributed by atoms with E-state index in [1.807, 2.05) is 0 Å². The van der Waals surface area contributed by atoms with Gasteiger partial charge in [0, 0.05) is 13.1 Å². The summed E-state index contributed by atoms with van der Waals surface area (Å²) >= 11 is 5.29. The zero-order valence-electron chi connectivity index (χ0n) is 17.4. The molecule has 7 N–H and O–H groups in total.